The molecule has 2 aromatic rings. The highest BCUT2D eigenvalue weighted by molar-refractivity contribution is 6.46. The van der Waals surface area contributed by atoms with E-state index in [9.17, 15) is 14.4 Å². The number of hydrogen-bond donors (Lipinski definition) is 2. The third kappa shape index (κ3) is 3.32. The predicted molar refractivity (Wildman–Crippen MR) is 114 cm³/mol. The molecule has 1 fully saturated rings. The minimum atomic E-state index is -0.597. The molecule has 0 unspecified atom stereocenters. The van der Waals surface area contributed by atoms with E-state index in [0.717, 1.165) is 30.5 Å². The van der Waals surface area contributed by atoms with Gasteiger partial charge in [0.2, 0.25) is 5.91 Å². The Bertz CT molecular complexity index is 1170. The van der Waals surface area contributed by atoms with Gasteiger partial charge in [0.25, 0.3) is 5.91 Å². The number of rotatable bonds is 4. The molecule has 2 amide bonds. The van der Waals surface area contributed by atoms with Gasteiger partial charge in [-0.05, 0) is 48.7 Å². The van der Waals surface area contributed by atoms with Gasteiger partial charge in [0.15, 0.2) is 11.5 Å². The first-order chi connectivity index (χ1) is 14.9. The maximum absolute atomic E-state index is 12.4. The standard InChI is InChI=1S/C21H15Cl2N3O5/c22-13-6-10(24-19(28)16-9-17(27)31-26-16)7-14(23)18(13)30-11-2-3-15-12(8-11)21(4-1-5-21)20(29)25-15/h2-3,6-8H,1,4-5,9H2,(H,24,28)(H,25,29). The molecule has 0 bridgehead atoms. The van der Waals surface area contributed by atoms with Gasteiger partial charge in [0, 0.05) is 11.4 Å². The Morgan fingerprint density at radius 1 is 1.16 bits per heavy atom. The first-order valence-electron chi connectivity index (χ1n) is 9.57. The van der Waals surface area contributed by atoms with Crippen LogP contribution in [0.15, 0.2) is 35.5 Å². The molecule has 0 radical (unpaired) electrons. The first kappa shape index (κ1) is 19.8. The number of carbonyl (C=O) groups excluding carboxylic acids is 3. The van der Waals surface area contributed by atoms with E-state index >= 15 is 0 Å². The number of oxime groups is 1. The van der Waals surface area contributed by atoms with E-state index < -0.39 is 17.3 Å². The molecule has 31 heavy (non-hydrogen) atoms. The number of halogens is 2. The Morgan fingerprint density at radius 3 is 2.52 bits per heavy atom. The largest absolute Gasteiger partial charge is 0.454 e. The Balaban J connectivity index is 1.37. The summed E-state index contributed by atoms with van der Waals surface area (Å²) in [5.41, 5.74) is 1.52. The van der Waals surface area contributed by atoms with Gasteiger partial charge in [-0.1, -0.05) is 34.8 Å². The number of amides is 2. The van der Waals surface area contributed by atoms with Gasteiger partial charge in [0.05, 0.1) is 21.9 Å². The van der Waals surface area contributed by atoms with Gasteiger partial charge in [-0.25, -0.2) is 4.79 Å². The molecule has 0 aromatic heterocycles. The summed E-state index contributed by atoms with van der Waals surface area (Å²) in [5, 5.41) is 9.28. The average Bonchev–Trinajstić information content (AvgIpc) is 3.24. The van der Waals surface area contributed by atoms with Crippen molar-refractivity contribution in [2.24, 2.45) is 5.16 Å². The molecule has 1 spiro atoms. The second kappa shape index (κ2) is 7.25. The molecule has 3 aliphatic rings. The van der Waals surface area contributed by atoms with Crippen LogP contribution in [0.2, 0.25) is 10.0 Å². The lowest BCUT2D eigenvalue weighted by molar-refractivity contribution is -0.140. The van der Waals surface area contributed by atoms with Crippen LogP contribution in [0.25, 0.3) is 0 Å². The highest BCUT2D eigenvalue weighted by Crippen LogP contribution is 2.52. The number of fused-ring (bicyclic) bond motifs is 2. The van der Waals surface area contributed by atoms with Crippen LogP contribution in [0.4, 0.5) is 11.4 Å². The van der Waals surface area contributed by atoms with Crippen molar-refractivity contribution in [1.29, 1.82) is 0 Å². The van der Waals surface area contributed by atoms with Crippen LogP contribution in [-0.2, 0) is 24.6 Å². The highest BCUT2D eigenvalue weighted by Gasteiger charge is 2.51. The molecule has 2 heterocycles. The second-order valence-electron chi connectivity index (χ2n) is 7.60. The van der Waals surface area contributed by atoms with Crippen LogP contribution in [0.1, 0.15) is 31.2 Å². The third-order valence-corrected chi connectivity index (χ3v) is 6.27. The van der Waals surface area contributed by atoms with E-state index in [-0.39, 0.29) is 33.8 Å². The fraction of sp³-hybridized carbons (Fsp3) is 0.238. The topological polar surface area (TPSA) is 106 Å². The number of hydrogen-bond acceptors (Lipinski definition) is 6. The summed E-state index contributed by atoms with van der Waals surface area (Å²) in [7, 11) is 0. The van der Waals surface area contributed by atoms with E-state index in [1.165, 1.54) is 12.1 Å². The zero-order valence-corrected chi connectivity index (χ0v) is 17.5. The van der Waals surface area contributed by atoms with Gasteiger partial charge in [0.1, 0.15) is 5.75 Å². The minimum Gasteiger partial charge on any atom is -0.454 e. The quantitative estimate of drug-likeness (QED) is 0.658. The van der Waals surface area contributed by atoms with Gasteiger partial charge >= 0.3 is 5.97 Å². The molecule has 2 N–H and O–H groups in total. The summed E-state index contributed by atoms with van der Waals surface area (Å²) in [6, 6.07) is 8.32. The molecule has 1 saturated carbocycles. The zero-order valence-electron chi connectivity index (χ0n) is 16.0. The number of benzene rings is 2. The average molecular weight is 460 g/mol. The normalized spacial score (nSPS) is 18.1. The van der Waals surface area contributed by atoms with Crippen LogP contribution < -0.4 is 15.4 Å². The minimum absolute atomic E-state index is 0.0287. The Morgan fingerprint density at radius 2 is 1.90 bits per heavy atom. The Labute approximate surface area is 186 Å². The van der Waals surface area contributed by atoms with Crippen molar-refractivity contribution in [3.8, 4) is 11.5 Å². The lowest BCUT2D eigenvalue weighted by Crippen LogP contribution is -2.40. The second-order valence-corrected chi connectivity index (χ2v) is 8.41. The van der Waals surface area contributed by atoms with Gasteiger partial charge in [-0.2, -0.15) is 0 Å². The van der Waals surface area contributed by atoms with Crippen molar-refractivity contribution in [3.63, 3.8) is 0 Å². The van der Waals surface area contributed by atoms with Crippen LogP contribution in [0, 0.1) is 0 Å². The monoisotopic (exact) mass is 459 g/mol. The summed E-state index contributed by atoms with van der Waals surface area (Å²) >= 11 is 12.7. The number of anilines is 2. The number of nitrogens with zero attached hydrogens (tertiary/aromatic N) is 1. The summed E-state index contributed by atoms with van der Waals surface area (Å²) in [6.07, 6.45) is 2.43. The fourth-order valence-electron chi connectivity index (χ4n) is 3.96. The van der Waals surface area contributed by atoms with Crippen LogP contribution >= 0.6 is 23.2 Å². The van der Waals surface area contributed by atoms with Gasteiger partial charge < -0.3 is 20.2 Å². The van der Waals surface area contributed by atoms with Crippen LogP contribution in [0.5, 0.6) is 11.5 Å². The molecule has 158 valence electrons. The van der Waals surface area contributed by atoms with Crippen LogP contribution in [-0.4, -0.2) is 23.5 Å². The number of nitrogens with one attached hydrogen (secondary N) is 2. The molecule has 2 aromatic carbocycles. The molecular weight excluding hydrogens is 445 g/mol. The van der Waals surface area contributed by atoms with Gasteiger partial charge in [-0.3, -0.25) is 9.59 Å². The van der Waals surface area contributed by atoms with Crippen molar-refractivity contribution in [2.45, 2.75) is 31.1 Å². The molecule has 0 saturated heterocycles. The van der Waals surface area contributed by atoms with Crippen molar-refractivity contribution in [3.05, 3.63) is 45.9 Å². The first-order valence-corrected chi connectivity index (χ1v) is 10.3. The summed E-state index contributed by atoms with van der Waals surface area (Å²) in [6.45, 7) is 0. The molecule has 5 rings (SSSR count). The predicted octanol–water partition coefficient (Wildman–Crippen LogP) is 4.40. The Kier molecular flexibility index (Phi) is 4.64. The van der Waals surface area contributed by atoms with E-state index in [4.69, 9.17) is 27.9 Å². The molecule has 8 nitrogen and oxygen atoms in total. The highest BCUT2D eigenvalue weighted by atomic mass is 35.5. The lowest BCUT2D eigenvalue weighted by atomic mass is 9.65. The van der Waals surface area contributed by atoms with Crippen molar-refractivity contribution in [1.82, 2.24) is 0 Å². The summed E-state index contributed by atoms with van der Waals surface area (Å²) in [4.78, 5) is 40.1. The van der Waals surface area contributed by atoms with Crippen LogP contribution in [0.3, 0.4) is 0 Å². The van der Waals surface area contributed by atoms with Crippen molar-refractivity contribution >= 4 is 58.1 Å². The van der Waals surface area contributed by atoms with Gasteiger partial charge in [-0.15, -0.1) is 0 Å². The molecule has 2 aliphatic heterocycles. The molecule has 10 heteroatoms. The van der Waals surface area contributed by atoms with E-state index in [2.05, 4.69) is 20.6 Å². The van der Waals surface area contributed by atoms with E-state index in [1.54, 1.807) is 12.1 Å². The molecule has 1 aliphatic carbocycles. The maximum atomic E-state index is 12.4. The van der Waals surface area contributed by atoms with E-state index in [1.807, 2.05) is 6.07 Å². The fourth-order valence-corrected chi connectivity index (χ4v) is 4.53. The molecular formula is C21H15Cl2N3O5. The lowest BCUT2D eigenvalue weighted by Gasteiger charge is -2.36. The summed E-state index contributed by atoms with van der Waals surface area (Å²) < 4.78 is 5.93. The number of carbonyl (C=O) groups is 3. The van der Waals surface area contributed by atoms with Crippen molar-refractivity contribution < 1.29 is 24.0 Å². The molecule has 0 atom stereocenters. The van der Waals surface area contributed by atoms with E-state index in [0.29, 0.717) is 11.4 Å². The zero-order chi connectivity index (χ0) is 21.8. The SMILES string of the molecule is O=C1CC(C(=O)Nc2cc(Cl)c(Oc3ccc4c(c3)C3(CCC3)C(=O)N4)c(Cl)c2)=NO1. The summed E-state index contributed by atoms with van der Waals surface area (Å²) in [5.74, 6) is -0.440. The maximum Gasteiger partial charge on any atom is 0.341 e. The smallest absolute Gasteiger partial charge is 0.341 e. The number of ether oxygens (including phenoxy) is 1. The third-order valence-electron chi connectivity index (χ3n) is 5.70. The Hall–Kier alpha value is -3.10. The van der Waals surface area contributed by atoms with Crippen molar-refractivity contribution in [2.75, 3.05) is 10.6 Å².